The van der Waals surface area contributed by atoms with Crippen LogP contribution in [-0.4, -0.2) is 26.0 Å². The number of anilines is 1. The van der Waals surface area contributed by atoms with E-state index in [9.17, 15) is 4.79 Å². The maximum Gasteiger partial charge on any atom is 0.251 e. The van der Waals surface area contributed by atoms with Gasteiger partial charge in [0.1, 0.15) is 0 Å². The molecule has 6 N–H and O–H groups in total. The van der Waals surface area contributed by atoms with Crippen molar-refractivity contribution in [3.8, 4) is 0 Å². The second-order valence-corrected chi connectivity index (χ2v) is 6.43. The number of carbonyl (C=O) groups excluding carboxylic acids is 1. The minimum absolute atomic E-state index is 0.0571. The van der Waals surface area contributed by atoms with Crippen molar-refractivity contribution in [3.63, 3.8) is 0 Å². The Morgan fingerprint density at radius 3 is 2.28 bits per heavy atom. The maximum atomic E-state index is 12.1. The molecule has 0 saturated carbocycles. The zero-order valence-corrected chi connectivity index (χ0v) is 18.7. The smallest absolute Gasteiger partial charge is 0.251 e. The summed E-state index contributed by atoms with van der Waals surface area (Å²) in [5, 5.41) is 6.34. The van der Waals surface area contributed by atoms with E-state index in [2.05, 4.69) is 29.0 Å². The number of nitrogen functional groups attached to an aromatic ring is 1. The normalized spacial score (nSPS) is 12.2. The van der Waals surface area contributed by atoms with Gasteiger partial charge in [-0.05, 0) is 69.3 Å². The Labute approximate surface area is 177 Å². The second kappa shape index (κ2) is 16.4. The molecule has 5 nitrogen and oxygen atoms in total. The van der Waals surface area contributed by atoms with Gasteiger partial charge in [0.25, 0.3) is 5.91 Å². The van der Waals surface area contributed by atoms with Crippen LogP contribution in [0.25, 0.3) is 5.70 Å². The van der Waals surface area contributed by atoms with Gasteiger partial charge in [0, 0.05) is 30.0 Å². The average Bonchev–Trinajstić information content (AvgIpc) is 2.76. The van der Waals surface area contributed by atoms with Crippen LogP contribution in [0.4, 0.5) is 5.69 Å². The summed E-state index contributed by atoms with van der Waals surface area (Å²) in [7, 11) is 1.50. The second-order valence-electron chi connectivity index (χ2n) is 6.43. The van der Waals surface area contributed by atoms with Crippen molar-refractivity contribution in [2.45, 2.75) is 52.9 Å². The highest BCUT2D eigenvalue weighted by atomic mass is 16.1. The molecule has 0 spiro atoms. The summed E-state index contributed by atoms with van der Waals surface area (Å²) >= 11 is 0. The third-order valence-corrected chi connectivity index (χ3v) is 4.35. The molecule has 1 amide bonds. The highest BCUT2D eigenvalue weighted by Gasteiger charge is 2.12. The van der Waals surface area contributed by atoms with E-state index in [1.54, 1.807) is 0 Å². The minimum atomic E-state index is 0.0571. The van der Waals surface area contributed by atoms with Gasteiger partial charge in [-0.1, -0.05) is 44.7 Å². The monoisotopic (exact) mass is 400 g/mol. The Morgan fingerprint density at radius 2 is 1.66 bits per heavy atom. The van der Waals surface area contributed by atoms with Gasteiger partial charge in [-0.25, -0.2) is 0 Å². The van der Waals surface area contributed by atoms with Crippen LogP contribution >= 0.6 is 0 Å². The third kappa shape index (κ3) is 10.5. The zero-order valence-electron chi connectivity index (χ0n) is 18.7. The van der Waals surface area contributed by atoms with Crippen molar-refractivity contribution in [2.24, 2.45) is 5.73 Å². The summed E-state index contributed by atoms with van der Waals surface area (Å²) in [6.45, 7) is 11.6. The summed E-state index contributed by atoms with van der Waals surface area (Å²) in [5.41, 5.74) is 14.9. The number of hydrogen-bond acceptors (Lipinski definition) is 4. The molecule has 0 unspecified atom stereocenters. The molecule has 0 radical (unpaired) electrons. The number of benzene rings is 1. The lowest BCUT2D eigenvalue weighted by Crippen LogP contribution is -2.27. The Kier molecular flexibility index (Phi) is 15.0. The van der Waals surface area contributed by atoms with Crippen molar-refractivity contribution < 1.29 is 4.79 Å². The van der Waals surface area contributed by atoms with Gasteiger partial charge in [0.2, 0.25) is 0 Å². The fourth-order valence-corrected chi connectivity index (χ4v) is 2.86. The number of hydrogen-bond donors (Lipinski definition) is 4. The number of rotatable bonds is 9. The van der Waals surface area contributed by atoms with E-state index < -0.39 is 0 Å². The van der Waals surface area contributed by atoms with Gasteiger partial charge in [-0.15, -0.1) is 0 Å². The van der Waals surface area contributed by atoms with Crippen LogP contribution in [0.5, 0.6) is 0 Å². The standard InChI is InChI=1S/C21H29N3O.C2H6.CH5N/c1-16-9-4-5-12-20(16)21(25)24-14-7-3-6-13-23-17(2)18-10-8-11-19(22)15-18;2*1-2/h8-12,15,23H,2-7,13-14,22H2,1H3,(H,24,25);1-2H3;2H2,1H3. The number of allylic oxidation sites excluding steroid dienone is 2. The first-order valence-electron chi connectivity index (χ1n) is 10.6. The Hall–Kier alpha value is -2.53. The molecule has 5 heteroatoms. The highest BCUT2D eigenvalue weighted by Crippen LogP contribution is 2.18. The number of nitrogens with two attached hydrogens (primary N) is 2. The summed E-state index contributed by atoms with van der Waals surface area (Å²) in [6, 6.07) is 7.71. The van der Waals surface area contributed by atoms with E-state index in [0.717, 1.165) is 73.3 Å². The van der Waals surface area contributed by atoms with E-state index in [1.165, 1.54) is 7.05 Å². The Bertz CT molecular complexity index is 677. The van der Waals surface area contributed by atoms with E-state index in [4.69, 9.17) is 5.73 Å². The molecule has 1 aliphatic carbocycles. The fourth-order valence-electron chi connectivity index (χ4n) is 2.86. The first-order valence-corrected chi connectivity index (χ1v) is 10.6. The summed E-state index contributed by atoms with van der Waals surface area (Å²) < 4.78 is 0. The van der Waals surface area contributed by atoms with E-state index in [1.807, 2.05) is 51.1 Å². The van der Waals surface area contributed by atoms with Crippen molar-refractivity contribution in [1.29, 1.82) is 0 Å². The van der Waals surface area contributed by atoms with Crippen LogP contribution in [0.15, 0.2) is 54.1 Å². The van der Waals surface area contributed by atoms with Gasteiger partial charge >= 0.3 is 0 Å². The molecule has 0 aliphatic heterocycles. The predicted molar refractivity (Wildman–Crippen MR) is 127 cm³/mol. The van der Waals surface area contributed by atoms with E-state index in [-0.39, 0.29) is 5.91 Å². The largest absolute Gasteiger partial charge is 0.399 e. The van der Waals surface area contributed by atoms with Crippen LogP contribution in [0.2, 0.25) is 0 Å². The van der Waals surface area contributed by atoms with Crippen molar-refractivity contribution in [1.82, 2.24) is 10.6 Å². The maximum absolute atomic E-state index is 12.1. The summed E-state index contributed by atoms with van der Waals surface area (Å²) in [4.78, 5) is 12.1. The molecule has 2 rings (SSSR count). The molecule has 0 fully saturated rings. The lowest BCUT2D eigenvalue weighted by molar-refractivity contribution is -0.117. The molecular formula is C24H40N4O. The molecular weight excluding hydrogens is 360 g/mol. The van der Waals surface area contributed by atoms with E-state index in [0.29, 0.717) is 0 Å². The highest BCUT2D eigenvalue weighted by molar-refractivity contribution is 5.97. The van der Waals surface area contributed by atoms with Crippen molar-refractivity contribution >= 4 is 17.3 Å². The average molecular weight is 401 g/mol. The Morgan fingerprint density at radius 1 is 1.03 bits per heavy atom. The number of unbranched alkanes of at least 4 members (excludes halogenated alkanes) is 2. The topological polar surface area (TPSA) is 93.2 Å². The first-order chi connectivity index (χ1) is 14.1. The van der Waals surface area contributed by atoms with Crippen molar-refractivity contribution in [2.75, 3.05) is 25.9 Å². The molecule has 0 atom stereocenters. The molecule has 0 bridgehead atoms. The molecule has 1 aromatic carbocycles. The van der Waals surface area contributed by atoms with Gasteiger partial charge in [-0.2, -0.15) is 0 Å². The van der Waals surface area contributed by atoms with Crippen LogP contribution in [0.1, 0.15) is 58.4 Å². The molecule has 0 heterocycles. The quantitative estimate of drug-likeness (QED) is 0.365. The molecule has 29 heavy (non-hydrogen) atoms. The molecule has 1 aromatic rings. The summed E-state index contributed by atoms with van der Waals surface area (Å²) in [6.07, 6.45) is 9.25. The lowest BCUT2D eigenvalue weighted by Gasteiger charge is -2.13. The minimum Gasteiger partial charge on any atom is -0.399 e. The van der Waals surface area contributed by atoms with Gasteiger partial charge < -0.3 is 22.1 Å². The third-order valence-electron chi connectivity index (χ3n) is 4.35. The molecule has 1 aliphatic rings. The van der Waals surface area contributed by atoms with Crippen LogP contribution in [0.3, 0.4) is 0 Å². The molecule has 0 aromatic heterocycles. The number of carbonyl (C=O) groups is 1. The van der Waals surface area contributed by atoms with Crippen LogP contribution in [-0.2, 0) is 4.79 Å². The zero-order chi connectivity index (χ0) is 22.1. The number of amides is 1. The molecule has 0 saturated heterocycles. The predicted octanol–water partition coefficient (Wildman–Crippen LogP) is 4.38. The first kappa shape index (κ1) is 26.5. The summed E-state index contributed by atoms with van der Waals surface area (Å²) in [5.74, 6) is 0.0571. The number of nitrogens with one attached hydrogen (secondary N) is 2. The van der Waals surface area contributed by atoms with E-state index >= 15 is 0 Å². The van der Waals surface area contributed by atoms with Gasteiger partial charge in [-0.3, -0.25) is 4.79 Å². The van der Waals surface area contributed by atoms with Gasteiger partial charge in [0.15, 0.2) is 0 Å². The fraction of sp³-hybridized carbons (Fsp3) is 0.458. The lowest BCUT2D eigenvalue weighted by atomic mass is 9.98. The van der Waals surface area contributed by atoms with Gasteiger partial charge in [0.05, 0.1) is 0 Å². The Balaban J connectivity index is 0.00000184. The van der Waals surface area contributed by atoms with Crippen LogP contribution < -0.4 is 22.1 Å². The van der Waals surface area contributed by atoms with Crippen LogP contribution in [0, 0.1) is 0 Å². The van der Waals surface area contributed by atoms with Crippen molar-refractivity contribution in [3.05, 3.63) is 59.7 Å². The molecule has 162 valence electrons. The SMILES string of the molecule is C=C(NCCCCCNC(=O)C1=CCCC=C1C)c1cccc(N)c1.CC.CN.